The summed E-state index contributed by atoms with van der Waals surface area (Å²) in [6, 6.07) is -3.34. The van der Waals surface area contributed by atoms with Crippen LogP contribution in [0.15, 0.2) is 18.5 Å². The average molecular weight is 611 g/mol. The Kier molecular flexibility index (Phi) is 7.91. The molecule has 0 unspecified atom stereocenters. The monoisotopic (exact) mass is 610 g/mol. The lowest BCUT2D eigenvalue weighted by Gasteiger charge is -2.36. The van der Waals surface area contributed by atoms with Crippen LogP contribution in [0.25, 0.3) is 5.65 Å². The number of nitrogens with one attached hydrogen (secondary N) is 2. The van der Waals surface area contributed by atoms with Gasteiger partial charge in [-0.05, 0) is 24.8 Å². The second kappa shape index (κ2) is 11.0. The number of methoxy groups -OCH3 is 1. The lowest BCUT2D eigenvalue weighted by atomic mass is 9.81. The van der Waals surface area contributed by atoms with Gasteiger partial charge in [-0.3, -0.25) is 0 Å². The van der Waals surface area contributed by atoms with Crippen LogP contribution in [0.1, 0.15) is 61.9 Å². The maximum absolute atomic E-state index is 13.9. The maximum Gasteiger partial charge on any atom is 0.410 e. The average Bonchev–Trinajstić information content (AvgIpc) is 3.48. The molecule has 42 heavy (non-hydrogen) atoms. The molecule has 2 saturated carbocycles. The van der Waals surface area contributed by atoms with Crippen molar-refractivity contribution in [3.8, 4) is 0 Å². The fourth-order valence-corrected chi connectivity index (χ4v) is 5.61. The maximum atomic E-state index is 13.9. The van der Waals surface area contributed by atoms with E-state index in [-0.39, 0.29) is 30.8 Å². The van der Waals surface area contributed by atoms with Crippen molar-refractivity contribution in [1.82, 2.24) is 30.1 Å². The van der Waals surface area contributed by atoms with E-state index in [9.17, 15) is 40.3 Å². The number of amides is 3. The van der Waals surface area contributed by atoms with E-state index in [1.54, 1.807) is 0 Å². The van der Waals surface area contributed by atoms with E-state index in [2.05, 4.69) is 15.4 Å². The van der Waals surface area contributed by atoms with E-state index in [4.69, 9.17) is 9.47 Å². The lowest BCUT2D eigenvalue weighted by molar-refractivity contribution is -0.150. The Morgan fingerprint density at radius 3 is 2.48 bits per heavy atom. The third-order valence-corrected chi connectivity index (χ3v) is 7.93. The van der Waals surface area contributed by atoms with E-state index in [0.29, 0.717) is 5.56 Å². The number of alkyl halides is 7. The summed E-state index contributed by atoms with van der Waals surface area (Å²) in [4.78, 5) is 30.5. The van der Waals surface area contributed by atoms with Gasteiger partial charge in [-0.1, -0.05) is 0 Å². The number of carbonyl (C=O) groups excluding carboxylic acids is 2. The standard InChI is InChI=1S/C25H29F7N6O4/c1-41-12-17(37-11-18(25(30,31)32)35-21(37)39)14-6-19-34-16(10-38(19)33-9-14)20(13-2-4-23(26,27)5-3-13)36-22(40)42-15-7-24(28,29)8-15/h6,9-10,13,15,17-18,20H,2-5,7-8,11-12H2,1H3,(H,35,39)(H,36,40)/t17-,18+,20+/m1/s1. The van der Waals surface area contributed by atoms with Crippen LogP contribution in [-0.2, 0) is 9.47 Å². The zero-order valence-corrected chi connectivity index (χ0v) is 22.3. The molecule has 10 nitrogen and oxygen atoms in total. The molecule has 17 heteroatoms. The Hall–Kier alpha value is -3.37. The number of urea groups is 1. The first-order valence-electron chi connectivity index (χ1n) is 13.3. The van der Waals surface area contributed by atoms with Gasteiger partial charge in [0.05, 0.1) is 43.3 Å². The minimum atomic E-state index is -4.64. The molecule has 0 aromatic carbocycles. The normalized spacial score (nSPS) is 24.2. The molecule has 0 bridgehead atoms. The van der Waals surface area contributed by atoms with Crippen LogP contribution >= 0.6 is 0 Å². The molecule has 2 aliphatic carbocycles. The first kappa shape index (κ1) is 30.1. The van der Waals surface area contributed by atoms with Gasteiger partial charge in [0, 0.05) is 38.4 Å². The Bertz CT molecular complexity index is 1300. The van der Waals surface area contributed by atoms with E-state index in [1.807, 2.05) is 5.32 Å². The highest BCUT2D eigenvalue weighted by atomic mass is 19.4. The Morgan fingerprint density at radius 2 is 1.88 bits per heavy atom. The summed E-state index contributed by atoms with van der Waals surface area (Å²) in [5.41, 5.74) is 0.771. The minimum absolute atomic E-state index is 0.0480. The molecule has 1 saturated heterocycles. The van der Waals surface area contributed by atoms with Crippen molar-refractivity contribution >= 4 is 17.8 Å². The third-order valence-electron chi connectivity index (χ3n) is 7.93. The largest absolute Gasteiger partial charge is 0.446 e. The number of imidazole rings is 1. The molecule has 0 radical (unpaired) electrons. The van der Waals surface area contributed by atoms with Crippen molar-refractivity contribution in [2.75, 3.05) is 20.3 Å². The summed E-state index contributed by atoms with van der Waals surface area (Å²) < 4.78 is 105. The van der Waals surface area contributed by atoms with E-state index >= 15 is 0 Å². The summed E-state index contributed by atoms with van der Waals surface area (Å²) in [6.45, 7) is -0.787. The quantitative estimate of drug-likeness (QED) is 0.417. The van der Waals surface area contributed by atoms with Crippen molar-refractivity contribution in [3.05, 3.63) is 29.7 Å². The predicted octanol–water partition coefficient (Wildman–Crippen LogP) is 4.76. The van der Waals surface area contributed by atoms with Gasteiger partial charge in [-0.2, -0.15) is 18.3 Å². The van der Waals surface area contributed by atoms with Crippen molar-refractivity contribution < 1.29 is 49.8 Å². The van der Waals surface area contributed by atoms with Gasteiger partial charge < -0.3 is 25.0 Å². The number of halogens is 7. The number of ether oxygens (including phenoxy) is 2. The van der Waals surface area contributed by atoms with Crippen molar-refractivity contribution in [2.24, 2.45) is 5.92 Å². The molecule has 3 aliphatic rings. The fourth-order valence-electron chi connectivity index (χ4n) is 5.61. The highest BCUT2D eigenvalue weighted by molar-refractivity contribution is 5.77. The third kappa shape index (κ3) is 6.49. The molecule has 3 heterocycles. The van der Waals surface area contributed by atoms with Gasteiger partial charge in [-0.25, -0.2) is 36.7 Å². The Labute approximate surface area is 234 Å². The first-order chi connectivity index (χ1) is 19.6. The number of alkyl carbamates (subject to hydrolysis) is 1. The summed E-state index contributed by atoms with van der Waals surface area (Å²) in [7, 11) is 1.33. The number of aromatic nitrogens is 3. The van der Waals surface area contributed by atoms with Gasteiger partial charge in [0.1, 0.15) is 12.1 Å². The molecule has 2 aromatic rings. The van der Waals surface area contributed by atoms with E-state index in [0.717, 1.165) is 4.90 Å². The predicted molar refractivity (Wildman–Crippen MR) is 130 cm³/mol. The highest BCUT2D eigenvalue weighted by Gasteiger charge is 2.49. The first-order valence-corrected chi connectivity index (χ1v) is 13.3. The number of nitrogens with zero attached hydrogens (tertiary/aromatic N) is 4. The van der Waals surface area contributed by atoms with Crippen LogP contribution in [0.5, 0.6) is 0 Å². The van der Waals surface area contributed by atoms with Crippen molar-refractivity contribution in [2.45, 2.75) is 80.8 Å². The molecule has 2 aromatic heterocycles. The summed E-state index contributed by atoms with van der Waals surface area (Å²) in [5, 5.41) is 8.77. The second-order valence-corrected chi connectivity index (χ2v) is 11.0. The van der Waals surface area contributed by atoms with E-state index < -0.39 is 92.5 Å². The molecule has 3 atom stereocenters. The Morgan fingerprint density at radius 1 is 1.19 bits per heavy atom. The number of fused-ring (bicyclic) bond motifs is 1. The van der Waals surface area contributed by atoms with Gasteiger partial charge in [0.2, 0.25) is 5.92 Å². The van der Waals surface area contributed by atoms with Crippen LogP contribution in [0.2, 0.25) is 0 Å². The summed E-state index contributed by atoms with van der Waals surface area (Å²) in [6.07, 6.45) is -5.75. The lowest BCUT2D eigenvalue weighted by Crippen LogP contribution is -2.45. The topological polar surface area (TPSA) is 110 Å². The molecule has 3 fully saturated rings. The smallest absolute Gasteiger partial charge is 0.410 e. The Balaban J connectivity index is 1.39. The number of rotatable bonds is 8. The van der Waals surface area contributed by atoms with Crippen LogP contribution in [0, 0.1) is 5.92 Å². The zero-order valence-electron chi connectivity index (χ0n) is 22.3. The summed E-state index contributed by atoms with van der Waals surface area (Å²) >= 11 is 0. The molecule has 232 valence electrons. The molecule has 1 aliphatic heterocycles. The fraction of sp³-hybridized carbons (Fsp3) is 0.680. The highest BCUT2D eigenvalue weighted by Crippen LogP contribution is 2.42. The van der Waals surface area contributed by atoms with Gasteiger partial charge in [0.15, 0.2) is 5.65 Å². The van der Waals surface area contributed by atoms with Crippen LogP contribution in [0.4, 0.5) is 40.3 Å². The van der Waals surface area contributed by atoms with Crippen LogP contribution in [0.3, 0.4) is 0 Å². The van der Waals surface area contributed by atoms with Gasteiger partial charge in [0.25, 0.3) is 5.92 Å². The van der Waals surface area contributed by atoms with Crippen molar-refractivity contribution in [3.63, 3.8) is 0 Å². The number of hydrogen-bond donors (Lipinski definition) is 2. The SMILES string of the molecule is COC[C@H](c1cnn2cc([C@@H](NC(=O)OC3CC(F)(F)C3)C3CCC(F)(F)CC3)nc2c1)N1C[C@@H](C(F)(F)F)NC1=O. The molecular weight excluding hydrogens is 581 g/mol. The van der Waals surface area contributed by atoms with Gasteiger partial charge >= 0.3 is 18.3 Å². The van der Waals surface area contributed by atoms with Gasteiger partial charge in [-0.15, -0.1) is 0 Å². The summed E-state index contributed by atoms with van der Waals surface area (Å²) in [5.74, 6) is -6.23. The molecule has 2 N–H and O–H groups in total. The van der Waals surface area contributed by atoms with Crippen molar-refractivity contribution in [1.29, 1.82) is 0 Å². The van der Waals surface area contributed by atoms with Crippen LogP contribution in [-0.4, -0.2) is 82.1 Å². The molecule has 5 rings (SSSR count). The number of hydrogen-bond acceptors (Lipinski definition) is 6. The molecule has 0 spiro atoms. The minimum Gasteiger partial charge on any atom is -0.446 e. The number of carbonyl (C=O) groups is 2. The van der Waals surface area contributed by atoms with E-state index in [1.165, 1.54) is 30.1 Å². The molecular formula is C25H29F7N6O4. The second-order valence-electron chi connectivity index (χ2n) is 11.0. The molecule has 3 amide bonds. The zero-order chi connectivity index (χ0) is 30.4. The van der Waals surface area contributed by atoms with Crippen LogP contribution < -0.4 is 10.6 Å².